The van der Waals surface area contributed by atoms with Crippen LogP contribution in [0, 0.1) is 0 Å². The van der Waals surface area contributed by atoms with Gasteiger partial charge in [-0.2, -0.15) is 0 Å². The molecule has 1 N–H and O–H groups in total. The van der Waals surface area contributed by atoms with E-state index in [1.54, 1.807) is 19.6 Å². The number of hydrogen-bond acceptors (Lipinski definition) is 4. The van der Waals surface area contributed by atoms with Gasteiger partial charge in [0, 0.05) is 23.2 Å². The van der Waals surface area contributed by atoms with Gasteiger partial charge in [0.05, 0.1) is 31.5 Å². The summed E-state index contributed by atoms with van der Waals surface area (Å²) in [5, 5.41) is 3.88. The predicted octanol–water partition coefficient (Wildman–Crippen LogP) is 3.26. The SMILES string of the molecule is COc1ccc2c(CC(=O)N[C@H](C)c3ccccn3)coc2c1. The maximum atomic E-state index is 12.3. The van der Waals surface area contributed by atoms with Gasteiger partial charge in [0.2, 0.25) is 5.91 Å². The Morgan fingerprint density at radius 2 is 2.22 bits per heavy atom. The largest absolute Gasteiger partial charge is 0.497 e. The van der Waals surface area contributed by atoms with Crippen molar-refractivity contribution in [3.63, 3.8) is 0 Å². The second-order valence-corrected chi connectivity index (χ2v) is 5.34. The van der Waals surface area contributed by atoms with Crippen molar-refractivity contribution in [1.82, 2.24) is 10.3 Å². The lowest BCUT2D eigenvalue weighted by molar-refractivity contribution is -0.121. The average Bonchev–Trinajstić information content (AvgIpc) is 2.97. The van der Waals surface area contributed by atoms with Gasteiger partial charge in [0.25, 0.3) is 0 Å². The molecule has 1 aromatic carbocycles. The third kappa shape index (κ3) is 3.34. The van der Waals surface area contributed by atoms with E-state index in [1.807, 2.05) is 43.3 Å². The molecule has 5 nitrogen and oxygen atoms in total. The number of methoxy groups -OCH3 is 1. The summed E-state index contributed by atoms with van der Waals surface area (Å²) in [4.78, 5) is 16.5. The summed E-state index contributed by atoms with van der Waals surface area (Å²) in [6.07, 6.45) is 3.60. The van der Waals surface area contributed by atoms with Crippen molar-refractivity contribution in [3.05, 3.63) is 60.1 Å². The summed E-state index contributed by atoms with van der Waals surface area (Å²) in [5.74, 6) is 0.660. The second kappa shape index (κ2) is 6.52. The summed E-state index contributed by atoms with van der Waals surface area (Å²) < 4.78 is 10.7. The van der Waals surface area contributed by atoms with E-state index in [-0.39, 0.29) is 18.4 Å². The third-order valence-electron chi connectivity index (χ3n) is 3.72. The highest BCUT2D eigenvalue weighted by atomic mass is 16.5. The second-order valence-electron chi connectivity index (χ2n) is 5.34. The average molecular weight is 310 g/mol. The molecule has 0 aliphatic heterocycles. The number of benzene rings is 1. The van der Waals surface area contributed by atoms with Crippen LogP contribution in [0.4, 0.5) is 0 Å². The maximum absolute atomic E-state index is 12.3. The molecule has 1 atom stereocenters. The highest BCUT2D eigenvalue weighted by Crippen LogP contribution is 2.26. The lowest BCUT2D eigenvalue weighted by atomic mass is 10.1. The summed E-state index contributed by atoms with van der Waals surface area (Å²) in [7, 11) is 1.61. The van der Waals surface area contributed by atoms with Crippen LogP contribution in [0.15, 0.2) is 53.3 Å². The molecule has 0 spiro atoms. The molecule has 118 valence electrons. The molecule has 0 aliphatic rings. The number of carbonyl (C=O) groups excluding carboxylic acids is 1. The summed E-state index contributed by atoms with van der Waals surface area (Å²) in [6.45, 7) is 1.92. The molecule has 0 fully saturated rings. The van der Waals surface area contributed by atoms with Gasteiger partial charge in [-0.3, -0.25) is 9.78 Å². The van der Waals surface area contributed by atoms with Crippen molar-refractivity contribution in [3.8, 4) is 5.75 Å². The van der Waals surface area contributed by atoms with Gasteiger partial charge in [-0.05, 0) is 31.2 Å². The first-order valence-corrected chi connectivity index (χ1v) is 7.42. The van der Waals surface area contributed by atoms with Crippen LogP contribution in [0.1, 0.15) is 24.2 Å². The normalized spacial score (nSPS) is 12.1. The molecule has 0 bridgehead atoms. The number of nitrogens with zero attached hydrogens (tertiary/aromatic N) is 1. The van der Waals surface area contributed by atoms with Crippen molar-refractivity contribution >= 4 is 16.9 Å². The lowest BCUT2D eigenvalue weighted by Gasteiger charge is -2.12. The molecule has 0 unspecified atom stereocenters. The fourth-order valence-electron chi connectivity index (χ4n) is 2.50. The van der Waals surface area contributed by atoms with Crippen molar-refractivity contribution in [2.75, 3.05) is 7.11 Å². The minimum Gasteiger partial charge on any atom is -0.497 e. The number of carbonyl (C=O) groups is 1. The quantitative estimate of drug-likeness (QED) is 0.785. The zero-order chi connectivity index (χ0) is 16.2. The first kappa shape index (κ1) is 15.1. The number of ether oxygens (including phenoxy) is 1. The molecular weight excluding hydrogens is 292 g/mol. The summed E-state index contributed by atoms with van der Waals surface area (Å²) >= 11 is 0. The first-order valence-electron chi connectivity index (χ1n) is 7.42. The highest BCUT2D eigenvalue weighted by molar-refractivity contribution is 5.88. The van der Waals surface area contributed by atoms with Crippen molar-refractivity contribution < 1.29 is 13.9 Å². The number of aromatic nitrogens is 1. The molecule has 0 saturated carbocycles. The lowest BCUT2D eigenvalue weighted by Crippen LogP contribution is -2.28. The van der Waals surface area contributed by atoms with Gasteiger partial charge in [-0.1, -0.05) is 6.07 Å². The molecular formula is C18H18N2O3. The molecule has 3 rings (SSSR count). The highest BCUT2D eigenvalue weighted by Gasteiger charge is 2.14. The van der Waals surface area contributed by atoms with Gasteiger partial charge in [0.1, 0.15) is 11.3 Å². The molecule has 23 heavy (non-hydrogen) atoms. The zero-order valence-corrected chi connectivity index (χ0v) is 13.1. The predicted molar refractivity (Wildman–Crippen MR) is 87.3 cm³/mol. The van der Waals surface area contributed by atoms with Crippen molar-refractivity contribution in [1.29, 1.82) is 0 Å². The fraction of sp³-hybridized carbons (Fsp3) is 0.222. The molecule has 1 amide bonds. The monoisotopic (exact) mass is 310 g/mol. The van der Waals surface area contributed by atoms with E-state index < -0.39 is 0 Å². The standard InChI is InChI=1S/C18H18N2O3/c1-12(16-5-3-4-8-19-16)20-18(21)9-13-11-23-17-10-14(22-2)6-7-15(13)17/h3-8,10-12H,9H2,1-2H3,(H,20,21)/t12-/m1/s1. The summed E-state index contributed by atoms with van der Waals surface area (Å²) in [6, 6.07) is 11.1. The number of hydrogen-bond donors (Lipinski definition) is 1. The van der Waals surface area contributed by atoms with E-state index >= 15 is 0 Å². The van der Waals surface area contributed by atoms with Crippen LogP contribution < -0.4 is 10.1 Å². The fourth-order valence-corrected chi connectivity index (χ4v) is 2.50. The number of rotatable bonds is 5. The molecule has 2 heterocycles. The van der Waals surface area contributed by atoms with Crippen LogP contribution in [0.2, 0.25) is 0 Å². The smallest absolute Gasteiger partial charge is 0.225 e. The number of amides is 1. The minimum atomic E-state index is -0.137. The maximum Gasteiger partial charge on any atom is 0.225 e. The van der Waals surface area contributed by atoms with E-state index in [9.17, 15) is 4.79 Å². The van der Waals surface area contributed by atoms with Crippen LogP contribution in [0.5, 0.6) is 5.75 Å². The number of nitrogens with one attached hydrogen (secondary N) is 1. The topological polar surface area (TPSA) is 64.4 Å². The Morgan fingerprint density at radius 1 is 1.35 bits per heavy atom. The minimum absolute atomic E-state index is 0.0679. The molecule has 3 aromatic rings. The molecule has 5 heteroatoms. The number of fused-ring (bicyclic) bond motifs is 1. The Kier molecular flexibility index (Phi) is 4.28. The van der Waals surface area contributed by atoms with Gasteiger partial charge < -0.3 is 14.5 Å². The number of pyridine rings is 1. The van der Waals surface area contributed by atoms with E-state index in [1.165, 1.54) is 0 Å². The zero-order valence-electron chi connectivity index (χ0n) is 13.1. The van der Waals surface area contributed by atoms with Crippen LogP contribution in [0.3, 0.4) is 0 Å². The Hall–Kier alpha value is -2.82. The molecule has 0 radical (unpaired) electrons. The van der Waals surface area contributed by atoms with Crippen molar-refractivity contribution in [2.24, 2.45) is 0 Å². The van der Waals surface area contributed by atoms with E-state index in [4.69, 9.17) is 9.15 Å². The molecule has 2 aromatic heterocycles. The van der Waals surface area contributed by atoms with Gasteiger partial charge in [-0.15, -0.1) is 0 Å². The van der Waals surface area contributed by atoms with Crippen LogP contribution in [0.25, 0.3) is 11.0 Å². The van der Waals surface area contributed by atoms with E-state index in [2.05, 4.69) is 10.3 Å². The van der Waals surface area contributed by atoms with Crippen LogP contribution in [-0.4, -0.2) is 18.0 Å². The van der Waals surface area contributed by atoms with E-state index in [0.717, 1.165) is 22.4 Å². The van der Waals surface area contributed by atoms with E-state index in [0.29, 0.717) is 5.58 Å². The van der Waals surface area contributed by atoms with Crippen LogP contribution >= 0.6 is 0 Å². The molecule has 0 saturated heterocycles. The van der Waals surface area contributed by atoms with Gasteiger partial charge >= 0.3 is 0 Å². The first-order chi connectivity index (χ1) is 11.2. The Balaban J connectivity index is 1.71. The van der Waals surface area contributed by atoms with Crippen molar-refractivity contribution in [2.45, 2.75) is 19.4 Å². The number of furan rings is 1. The Bertz CT molecular complexity index is 812. The van der Waals surface area contributed by atoms with Gasteiger partial charge in [0.15, 0.2) is 0 Å². The summed E-state index contributed by atoms with van der Waals surface area (Å²) in [5.41, 5.74) is 2.40. The Labute approximate surface area is 134 Å². The molecule has 0 aliphatic carbocycles. The third-order valence-corrected chi connectivity index (χ3v) is 3.72. The van der Waals surface area contributed by atoms with Gasteiger partial charge in [-0.25, -0.2) is 0 Å². The Morgan fingerprint density at radius 3 is 2.96 bits per heavy atom. The van der Waals surface area contributed by atoms with Crippen LogP contribution in [-0.2, 0) is 11.2 Å².